The van der Waals surface area contributed by atoms with E-state index in [2.05, 4.69) is 107 Å². The molecule has 0 unspecified atom stereocenters. The summed E-state index contributed by atoms with van der Waals surface area (Å²) in [6.07, 6.45) is 4.40. The molecule has 0 amide bonds. The van der Waals surface area contributed by atoms with Crippen molar-refractivity contribution < 1.29 is 0 Å². The molecule has 4 aromatic rings. The third kappa shape index (κ3) is 3.79. The molecule has 0 spiro atoms. The normalized spacial score (nSPS) is 19.5. The zero-order chi connectivity index (χ0) is 19.5. The average Bonchev–Trinajstić information content (AvgIpc) is 3.20. The minimum Gasteiger partial charge on any atom is -0.379 e. The SMILES string of the molecule is c1ccc(C(c2ccccc2)[C@H]2CC[C@@H](Nc3c[nH]c4ccccc34)CN2)cc1. The molecule has 146 valence electrons. The summed E-state index contributed by atoms with van der Waals surface area (Å²) in [5.74, 6) is 0.381. The van der Waals surface area contributed by atoms with Crippen LogP contribution in [0.1, 0.15) is 29.9 Å². The Morgan fingerprint density at radius 2 is 1.41 bits per heavy atom. The van der Waals surface area contributed by atoms with Crippen molar-refractivity contribution in [2.45, 2.75) is 30.8 Å². The van der Waals surface area contributed by atoms with Gasteiger partial charge in [0.25, 0.3) is 0 Å². The summed E-state index contributed by atoms with van der Waals surface area (Å²) in [5, 5.41) is 8.87. The lowest BCUT2D eigenvalue weighted by Crippen LogP contribution is -2.47. The Balaban J connectivity index is 1.31. The van der Waals surface area contributed by atoms with Crippen molar-refractivity contribution in [3.63, 3.8) is 0 Å². The van der Waals surface area contributed by atoms with Crippen LogP contribution in [-0.2, 0) is 0 Å². The predicted molar refractivity (Wildman–Crippen MR) is 121 cm³/mol. The summed E-state index contributed by atoms with van der Waals surface area (Å²) in [7, 11) is 0. The van der Waals surface area contributed by atoms with Crippen molar-refractivity contribution >= 4 is 16.6 Å². The summed E-state index contributed by atoms with van der Waals surface area (Å²) >= 11 is 0. The summed E-state index contributed by atoms with van der Waals surface area (Å²) in [5.41, 5.74) is 5.16. The number of piperidine rings is 1. The van der Waals surface area contributed by atoms with Gasteiger partial charge in [-0.2, -0.15) is 0 Å². The smallest absolute Gasteiger partial charge is 0.0600 e. The van der Waals surface area contributed by atoms with Crippen LogP contribution in [0.4, 0.5) is 5.69 Å². The van der Waals surface area contributed by atoms with Gasteiger partial charge in [-0.3, -0.25) is 0 Å². The molecule has 0 bridgehead atoms. The largest absolute Gasteiger partial charge is 0.379 e. The minimum absolute atomic E-state index is 0.381. The van der Waals surface area contributed by atoms with Gasteiger partial charge in [0, 0.05) is 41.6 Å². The summed E-state index contributed by atoms with van der Waals surface area (Å²) in [4.78, 5) is 3.36. The summed E-state index contributed by atoms with van der Waals surface area (Å²) < 4.78 is 0. The van der Waals surface area contributed by atoms with Gasteiger partial charge in [-0.05, 0) is 30.0 Å². The molecule has 1 aromatic heterocycles. The van der Waals surface area contributed by atoms with Crippen molar-refractivity contribution in [2.75, 3.05) is 11.9 Å². The van der Waals surface area contributed by atoms with Gasteiger partial charge < -0.3 is 15.6 Å². The van der Waals surface area contributed by atoms with Crippen LogP contribution in [-0.4, -0.2) is 23.6 Å². The molecule has 0 aliphatic carbocycles. The van der Waals surface area contributed by atoms with E-state index in [1.807, 2.05) is 0 Å². The highest BCUT2D eigenvalue weighted by Crippen LogP contribution is 2.32. The predicted octanol–water partition coefficient (Wildman–Crippen LogP) is 5.53. The zero-order valence-electron chi connectivity index (χ0n) is 16.5. The molecule has 29 heavy (non-hydrogen) atoms. The number of aromatic nitrogens is 1. The third-order valence-corrected chi connectivity index (χ3v) is 6.12. The molecule has 3 heteroatoms. The number of para-hydroxylation sites is 1. The molecule has 2 atom stereocenters. The van der Waals surface area contributed by atoms with Gasteiger partial charge in [0.05, 0.1) is 5.69 Å². The highest BCUT2D eigenvalue weighted by Gasteiger charge is 2.29. The monoisotopic (exact) mass is 381 g/mol. The van der Waals surface area contributed by atoms with E-state index < -0.39 is 0 Å². The maximum absolute atomic E-state index is 3.85. The average molecular weight is 382 g/mol. The standard InChI is InChI=1S/C26H27N3/c1-3-9-19(10-4-1)26(20-11-5-2-6-12-20)24-16-15-21(17-27-24)29-25-18-28-23-14-8-7-13-22(23)25/h1-14,18,21,24,26-29H,15-17H2/t21-,24-/m1/s1. The number of rotatable bonds is 5. The number of fused-ring (bicyclic) bond motifs is 1. The Morgan fingerprint density at radius 3 is 2.07 bits per heavy atom. The first-order chi connectivity index (χ1) is 14.4. The van der Waals surface area contributed by atoms with Crippen molar-refractivity contribution in [3.8, 4) is 0 Å². The number of aromatic amines is 1. The second-order valence-electron chi connectivity index (χ2n) is 7.98. The topological polar surface area (TPSA) is 39.9 Å². The Bertz CT molecular complexity index is 1010. The molecule has 1 fully saturated rings. The number of benzene rings is 3. The van der Waals surface area contributed by atoms with E-state index in [0.717, 1.165) is 19.4 Å². The first-order valence-electron chi connectivity index (χ1n) is 10.5. The lowest BCUT2D eigenvalue weighted by molar-refractivity contribution is 0.353. The molecule has 3 aromatic carbocycles. The Morgan fingerprint density at radius 1 is 0.759 bits per heavy atom. The van der Waals surface area contributed by atoms with Crippen LogP contribution >= 0.6 is 0 Å². The van der Waals surface area contributed by atoms with Crippen LogP contribution in [0.2, 0.25) is 0 Å². The number of anilines is 1. The zero-order valence-corrected chi connectivity index (χ0v) is 16.5. The number of hydrogen-bond acceptors (Lipinski definition) is 2. The van der Waals surface area contributed by atoms with E-state index in [1.165, 1.54) is 27.7 Å². The maximum atomic E-state index is 3.85. The third-order valence-electron chi connectivity index (χ3n) is 6.12. The van der Waals surface area contributed by atoms with Crippen LogP contribution in [0.25, 0.3) is 10.9 Å². The molecule has 1 aliphatic heterocycles. The molecule has 1 saturated heterocycles. The van der Waals surface area contributed by atoms with Gasteiger partial charge in [-0.25, -0.2) is 0 Å². The van der Waals surface area contributed by atoms with E-state index in [0.29, 0.717) is 18.0 Å². The summed E-state index contributed by atoms with van der Waals surface area (Å²) in [6.45, 7) is 0.973. The highest BCUT2D eigenvalue weighted by atomic mass is 15.0. The van der Waals surface area contributed by atoms with E-state index >= 15 is 0 Å². The Kier molecular flexibility index (Phi) is 5.06. The van der Waals surface area contributed by atoms with Crippen molar-refractivity contribution in [1.82, 2.24) is 10.3 Å². The maximum Gasteiger partial charge on any atom is 0.0600 e. The van der Waals surface area contributed by atoms with Crippen LogP contribution in [0.5, 0.6) is 0 Å². The summed E-state index contributed by atoms with van der Waals surface area (Å²) in [6, 6.07) is 31.2. The van der Waals surface area contributed by atoms with E-state index in [4.69, 9.17) is 0 Å². The van der Waals surface area contributed by atoms with Crippen LogP contribution in [0.15, 0.2) is 91.1 Å². The Hall–Kier alpha value is -3.04. The fraction of sp³-hybridized carbons (Fsp3) is 0.231. The number of nitrogens with one attached hydrogen (secondary N) is 3. The molecule has 3 nitrogen and oxygen atoms in total. The molecule has 3 N–H and O–H groups in total. The quantitative estimate of drug-likeness (QED) is 0.425. The molecular weight excluding hydrogens is 354 g/mol. The van der Waals surface area contributed by atoms with E-state index in [9.17, 15) is 0 Å². The van der Waals surface area contributed by atoms with Crippen LogP contribution in [0, 0.1) is 0 Å². The van der Waals surface area contributed by atoms with Gasteiger partial charge in [-0.15, -0.1) is 0 Å². The second-order valence-corrected chi connectivity index (χ2v) is 7.98. The van der Waals surface area contributed by atoms with Crippen molar-refractivity contribution in [1.29, 1.82) is 0 Å². The van der Waals surface area contributed by atoms with Crippen LogP contribution in [0.3, 0.4) is 0 Å². The fourth-order valence-electron chi connectivity index (χ4n) is 4.67. The molecular formula is C26H27N3. The molecule has 0 saturated carbocycles. The second kappa shape index (κ2) is 8.14. The minimum atomic E-state index is 0.381. The van der Waals surface area contributed by atoms with Gasteiger partial charge in [-0.1, -0.05) is 78.9 Å². The fourth-order valence-corrected chi connectivity index (χ4v) is 4.67. The van der Waals surface area contributed by atoms with Gasteiger partial charge in [0.2, 0.25) is 0 Å². The highest BCUT2D eigenvalue weighted by molar-refractivity contribution is 5.92. The van der Waals surface area contributed by atoms with Crippen LogP contribution < -0.4 is 10.6 Å². The van der Waals surface area contributed by atoms with E-state index in [-0.39, 0.29) is 0 Å². The molecule has 0 radical (unpaired) electrons. The Labute approximate surface area is 172 Å². The first kappa shape index (κ1) is 18.0. The van der Waals surface area contributed by atoms with Crippen molar-refractivity contribution in [3.05, 3.63) is 102 Å². The number of hydrogen-bond donors (Lipinski definition) is 3. The number of H-pyrrole nitrogens is 1. The molecule has 5 rings (SSSR count). The van der Waals surface area contributed by atoms with Gasteiger partial charge in [0.15, 0.2) is 0 Å². The lowest BCUT2D eigenvalue weighted by Gasteiger charge is -2.36. The first-order valence-corrected chi connectivity index (χ1v) is 10.5. The molecule has 1 aliphatic rings. The molecule has 2 heterocycles. The lowest BCUT2D eigenvalue weighted by atomic mass is 9.81. The van der Waals surface area contributed by atoms with Gasteiger partial charge in [0.1, 0.15) is 0 Å². The van der Waals surface area contributed by atoms with Gasteiger partial charge >= 0.3 is 0 Å². The van der Waals surface area contributed by atoms with Crippen molar-refractivity contribution in [2.24, 2.45) is 0 Å². The van der Waals surface area contributed by atoms with E-state index in [1.54, 1.807) is 0 Å².